The molecule has 108 valence electrons. The Morgan fingerprint density at radius 1 is 1.24 bits per heavy atom. The van der Waals surface area contributed by atoms with E-state index in [1.54, 1.807) is 23.7 Å². The van der Waals surface area contributed by atoms with Crippen molar-refractivity contribution in [3.05, 3.63) is 41.6 Å². The van der Waals surface area contributed by atoms with Gasteiger partial charge in [0.05, 0.1) is 16.8 Å². The van der Waals surface area contributed by atoms with Gasteiger partial charge in [-0.3, -0.25) is 4.79 Å². The number of carbonyl (C=O) groups excluding carboxylic acids is 1. The van der Waals surface area contributed by atoms with Gasteiger partial charge in [-0.25, -0.2) is 0 Å². The van der Waals surface area contributed by atoms with Crippen LogP contribution in [0.25, 0.3) is 11.1 Å². The zero-order valence-electron chi connectivity index (χ0n) is 11.4. The molecule has 0 bridgehead atoms. The number of carbonyl (C=O) groups is 1. The van der Waals surface area contributed by atoms with Crippen LogP contribution in [0.3, 0.4) is 0 Å². The Bertz CT molecular complexity index is 722. The molecule has 0 saturated carbocycles. The molecule has 1 saturated heterocycles. The maximum Gasteiger partial charge on any atom is 0.270 e. The van der Waals surface area contributed by atoms with Crippen LogP contribution in [0, 0.1) is 0 Å². The Morgan fingerprint density at radius 2 is 2.10 bits per heavy atom. The van der Waals surface area contributed by atoms with Gasteiger partial charge in [-0.1, -0.05) is 0 Å². The number of amides is 1. The highest BCUT2D eigenvalue weighted by Crippen LogP contribution is 2.23. The second-order valence-corrected chi connectivity index (χ2v) is 6.04. The van der Waals surface area contributed by atoms with Crippen LogP contribution in [-0.2, 0) is 0 Å². The average molecular weight is 301 g/mol. The molecular weight excluding hydrogens is 286 g/mol. The fourth-order valence-electron chi connectivity index (χ4n) is 2.71. The summed E-state index contributed by atoms with van der Waals surface area (Å²) in [5, 5.41) is 3.36. The monoisotopic (exact) mass is 301 g/mol. The van der Waals surface area contributed by atoms with Gasteiger partial charge in [0.15, 0.2) is 5.58 Å². The molecule has 0 aliphatic carbocycles. The normalized spacial score (nSPS) is 15.8. The van der Waals surface area contributed by atoms with E-state index < -0.39 is 0 Å². The molecule has 0 atom stereocenters. The predicted molar refractivity (Wildman–Crippen MR) is 83.0 cm³/mol. The van der Waals surface area contributed by atoms with Crippen molar-refractivity contribution in [2.24, 2.45) is 0 Å². The number of fused-ring (bicyclic) bond motifs is 1. The summed E-state index contributed by atoms with van der Waals surface area (Å²) in [7, 11) is 0. The number of nitrogens with one attached hydrogen (secondary N) is 1. The summed E-state index contributed by atoms with van der Waals surface area (Å²) < 4.78 is 5.29. The summed E-state index contributed by atoms with van der Waals surface area (Å²) >= 11 is 1.74. The van der Waals surface area contributed by atoms with E-state index in [1.165, 1.54) is 5.00 Å². The number of thiophene rings is 1. The number of anilines is 1. The lowest BCUT2D eigenvalue weighted by Crippen LogP contribution is -2.48. The number of H-pyrrole nitrogens is 1. The van der Waals surface area contributed by atoms with Crippen molar-refractivity contribution in [1.82, 2.24) is 9.88 Å². The highest BCUT2D eigenvalue weighted by molar-refractivity contribution is 7.14. The van der Waals surface area contributed by atoms with E-state index >= 15 is 0 Å². The zero-order valence-corrected chi connectivity index (χ0v) is 12.2. The molecule has 1 aliphatic heterocycles. The van der Waals surface area contributed by atoms with Gasteiger partial charge < -0.3 is 19.2 Å². The molecule has 6 heteroatoms. The van der Waals surface area contributed by atoms with Crippen molar-refractivity contribution in [3.63, 3.8) is 0 Å². The molecule has 1 fully saturated rings. The molecule has 3 aromatic rings. The van der Waals surface area contributed by atoms with Crippen LogP contribution in [0.2, 0.25) is 0 Å². The van der Waals surface area contributed by atoms with E-state index in [-0.39, 0.29) is 5.91 Å². The van der Waals surface area contributed by atoms with Gasteiger partial charge in [0, 0.05) is 38.3 Å². The molecule has 4 rings (SSSR count). The van der Waals surface area contributed by atoms with Gasteiger partial charge in [-0.15, -0.1) is 11.3 Å². The Hall–Kier alpha value is -2.21. The predicted octanol–water partition coefficient (Wildman–Crippen LogP) is 2.78. The third-order valence-electron chi connectivity index (χ3n) is 3.86. The van der Waals surface area contributed by atoms with Gasteiger partial charge in [-0.05, 0) is 17.5 Å². The maximum atomic E-state index is 12.5. The largest absolute Gasteiger partial charge is 0.463 e. The lowest BCUT2D eigenvalue weighted by atomic mass is 10.3. The molecule has 0 spiro atoms. The molecule has 3 aromatic heterocycles. The van der Waals surface area contributed by atoms with Crippen LogP contribution in [0.15, 0.2) is 40.3 Å². The lowest BCUT2D eigenvalue weighted by molar-refractivity contribution is 0.0742. The molecule has 5 nitrogen and oxygen atoms in total. The second kappa shape index (κ2) is 4.96. The SMILES string of the molecule is O=C(c1cc2occc2[nH]1)N1CCN(c2cccs2)CC1. The standard InChI is InChI=1S/C15H15N3O2S/c19-15(12-10-13-11(16-12)3-8-20-13)18-6-4-17(5-7-18)14-2-1-9-21-14/h1-3,8-10,16H,4-7H2. The topological polar surface area (TPSA) is 52.5 Å². The number of hydrogen-bond acceptors (Lipinski definition) is 4. The minimum atomic E-state index is 0.0484. The summed E-state index contributed by atoms with van der Waals surface area (Å²) in [6, 6.07) is 7.80. The van der Waals surface area contributed by atoms with Crippen LogP contribution in [0.1, 0.15) is 10.5 Å². The Kier molecular flexibility index (Phi) is 2.96. The number of piperazine rings is 1. The Labute approximate surface area is 125 Å². The number of aromatic nitrogens is 1. The molecule has 0 radical (unpaired) electrons. The summed E-state index contributed by atoms with van der Waals surface area (Å²) in [6.07, 6.45) is 1.62. The van der Waals surface area contributed by atoms with Crippen LogP contribution in [-0.4, -0.2) is 42.0 Å². The first kappa shape index (κ1) is 12.5. The van der Waals surface area contributed by atoms with Crippen molar-refractivity contribution >= 4 is 33.3 Å². The average Bonchev–Trinajstić information content (AvgIpc) is 3.23. The first-order chi connectivity index (χ1) is 10.3. The first-order valence-electron chi connectivity index (χ1n) is 6.95. The molecule has 1 aliphatic rings. The van der Waals surface area contributed by atoms with Crippen molar-refractivity contribution in [1.29, 1.82) is 0 Å². The number of furan rings is 1. The Balaban J connectivity index is 1.46. The van der Waals surface area contributed by atoms with Gasteiger partial charge in [-0.2, -0.15) is 0 Å². The highest BCUT2D eigenvalue weighted by atomic mass is 32.1. The number of nitrogens with zero attached hydrogens (tertiary/aromatic N) is 2. The smallest absolute Gasteiger partial charge is 0.270 e. The number of rotatable bonds is 2. The third-order valence-corrected chi connectivity index (χ3v) is 4.78. The van der Waals surface area contributed by atoms with Gasteiger partial charge >= 0.3 is 0 Å². The summed E-state index contributed by atoms with van der Waals surface area (Å²) in [6.45, 7) is 3.25. The molecule has 1 N–H and O–H groups in total. The Morgan fingerprint density at radius 3 is 2.81 bits per heavy atom. The quantitative estimate of drug-likeness (QED) is 0.792. The molecule has 0 aromatic carbocycles. The zero-order chi connectivity index (χ0) is 14.2. The van der Waals surface area contributed by atoms with E-state index in [1.807, 2.05) is 11.0 Å². The second-order valence-electron chi connectivity index (χ2n) is 5.11. The van der Waals surface area contributed by atoms with E-state index in [0.717, 1.165) is 37.3 Å². The minimum absolute atomic E-state index is 0.0484. The van der Waals surface area contributed by atoms with Gasteiger partial charge in [0.25, 0.3) is 5.91 Å². The van der Waals surface area contributed by atoms with E-state index in [9.17, 15) is 4.79 Å². The summed E-state index contributed by atoms with van der Waals surface area (Å²) in [5.41, 5.74) is 2.21. The summed E-state index contributed by atoms with van der Waals surface area (Å²) in [4.78, 5) is 19.8. The maximum absolute atomic E-state index is 12.5. The molecule has 4 heterocycles. The van der Waals surface area contributed by atoms with E-state index in [4.69, 9.17) is 4.42 Å². The fraction of sp³-hybridized carbons (Fsp3) is 0.267. The van der Waals surface area contributed by atoms with Crippen molar-refractivity contribution in [2.45, 2.75) is 0 Å². The number of aromatic amines is 1. The minimum Gasteiger partial charge on any atom is -0.463 e. The molecule has 1 amide bonds. The van der Waals surface area contributed by atoms with Crippen molar-refractivity contribution in [2.75, 3.05) is 31.1 Å². The van der Waals surface area contributed by atoms with Gasteiger partial charge in [0.2, 0.25) is 0 Å². The van der Waals surface area contributed by atoms with E-state index in [2.05, 4.69) is 27.4 Å². The number of hydrogen-bond donors (Lipinski definition) is 1. The van der Waals surface area contributed by atoms with Crippen LogP contribution in [0.5, 0.6) is 0 Å². The van der Waals surface area contributed by atoms with Crippen molar-refractivity contribution < 1.29 is 9.21 Å². The first-order valence-corrected chi connectivity index (χ1v) is 7.83. The lowest BCUT2D eigenvalue weighted by Gasteiger charge is -2.35. The fourth-order valence-corrected chi connectivity index (χ4v) is 3.50. The van der Waals surface area contributed by atoms with Crippen LogP contribution < -0.4 is 4.90 Å². The molecule has 0 unspecified atom stereocenters. The van der Waals surface area contributed by atoms with Crippen LogP contribution in [0.4, 0.5) is 5.00 Å². The third kappa shape index (κ3) is 2.21. The molecule has 21 heavy (non-hydrogen) atoms. The van der Waals surface area contributed by atoms with Crippen LogP contribution >= 0.6 is 11.3 Å². The highest BCUT2D eigenvalue weighted by Gasteiger charge is 2.24. The van der Waals surface area contributed by atoms with E-state index in [0.29, 0.717) is 5.69 Å². The van der Waals surface area contributed by atoms with Gasteiger partial charge in [0.1, 0.15) is 5.69 Å². The summed E-state index contributed by atoms with van der Waals surface area (Å²) in [5.74, 6) is 0.0484. The van der Waals surface area contributed by atoms with Crippen molar-refractivity contribution in [3.8, 4) is 0 Å². The molecular formula is C15H15N3O2S.